The molecule has 1 fully saturated rings. The van der Waals surface area contributed by atoms with Crippen LogP contribution in [0, 0.1) is 11.8 Å². The third-order valence-corrected chi connectivity index (χ3v) is 8.92. The Morgan fingerprint density at radius 2 is 1.31 bits per heavy atom. The van der Waals surface area contributed by atoms with Gasteiger partial charge in [0, 0.05) is 30.8 Å². The molecule has 3 aliphatic rings. The minimum absolute atomic E-state index is 0. The predicted molar refractivity (Wildman–Crippen MR) is 146 cm³/mol. The highest BCUT2D eigenvalue weighted by Gasteiger charge is 2.51. The molecule has 2 nitrogen and oxygen atoms in total. The molecule has 0 unspecified atom stereocenters. The lowest BCUT2D eigenvalue weighted by Crippen LogP contribution is -2.54. The van der Waals surface area contributed by atoms with Crippen molar-refractivity contribution < 1.29 is 4.74 Å². The number of fused-ring (bicyclic) bond motifs is 4. The Hall–Kier alpha value is -2.13. The monoisotopic (exact) mass is 487 g/mol. The van der Waals surface area contributed by atoms with Gasteiger partial charge in [0.25, 0.3) is 0 Å². The van der Waals surface area contributed by atoms with E-state index in [1.807, 2.05) is 0 Å². The summed E-state index contributed by atoms with van der Waals surface area (Å²) in [5.41, 5.74) is 8.93. The highest BCUT2D eigenvalue weighted by molar-refractivity contribution is 5.85. The SMILES string of the molecule is C[C@@H]1CN(CCCC2c3ccccc3CCc3ccccc32)C[C@H](C)[C@@]12OCc1ccccc12.Cl. The van der Waals surface area contributed by atoms with Gasteiger partial charge in [0.05, 0.1) is 6.61 Å². The largest absolute Gasteiger partial charge is 0.365 e. The van der Waals surface area contributed by atoms with E-state index in [2.05, 4.69) is 91.5 Å². The molecule has 35 heavy (non-hydrogen) atoms. The normalized spacial score (nSPS) is 25.9. The highest BCUT2D eigenvalue weighted by atomic mass is 35.5. The quantitative estimate of drug-likeness (QED) is 0.388. The second kappa shape index (κ2) is 10.1. The molecule has 3 heteroatoms. The van der Waals surface area contributed by atoms with Crippen molar-refractivity contribution in [2.45, 2.75) is 57.7 Å². The number of likely N-dealkylation sites (tertiary alicyclic amines) is 1. The van der Waals surface area contributed by atoms with Gasteiger partial charge in [-0.1, -0.05) is 86.6 Å². The standard InChI is InChI=1S/C32H37NO.ClH/c1-23-20-33(21-24(2)32(23)31-16-8-5-12-27(31)22-34-32)19-9-15-30-28-13-6-3-10-25(28)17-18-26-11-4-7-14-29(26)30;/h3-8,10-14,16,23-24,30H,9,15,17-22H2,1-2H3;1H/t23-,24+,32+;. The second-order valence-corrected chi connectivity index (χ2v) is 10.9. The fourth-order valence-electron chi connectivity index (χ4n) is 7.38. The highest BCUT2D eigenvalue weighted by Crippen LogP contribution is 2.50. The molecule has 1 aliphatic carbocycles. The number of ether oxygens (including phenoxy) is 1. The number of piperidine rings is 1. The Morgan fingerprint density at radius 1 is 0.771 bits per heavy atom. The first kappa shape index (κ1) is 24.6. The summed E-state index contributed by atoms with van der Waals surface area (Å²) in [4.78, 5) is 2.71. The number of rotatable bonds is 4. The van der Waals surface area contributed by atoms with Crippen LogP contribution in [-0.2, 0) is 29.8 Å². The van der Waals surface area contributed by atoms with Crippen LogP contribution in [0.2, 0.25) is 0 Å². The van der Waals surface area contributed by atoms with E-state index in [1.54, 1.807) is 22.3 Å². The van der Waals surface area contributed by atoms with Crippen LogP contribution in [0.25, 0.3) is 0 Å². The maximum Gasteiger partial charge on any atom is 0.101 e. The Bertz CT molecular complexity index is 1110. The first-order valence-corrected chi connectivity index (χ1v) is 13.3. The number of benzene rings is 3. The number of halogens is 1. The van der Waals surface area contributed by atoms with Gasteiger partial charge in [-0.2, -0.15) is 0 Å². The molecule has 0 amide bonds. The summed E-state index contributed by atoms with van der Waals surface area (Å²) in [6, 6.07) is 27.2. The van der Waals surface area contributed by atoms with Crippen molar-refractivity contribution >= 4 is 12.4 Å². The Kier molecular flexibility index (Phi) is 7.08. The van der Waals surface area contributed by atoms with Gasteiger partial charge in [-0.3, -0.25) is 0 Å². The van der Waals surface area contributed by atoms with E-state index in [1.165, 1.54) is 30.5 Å². The fourth-order valence-corrected chi connectivity index (χ4v) is 7.38. The van der Waals surface area contributed by atoms with Crippen LogP contribution < -0.4 is 0 Å². The van der Waals surface area contributed by atoms with E-state index in [9.17, 15) is 0 Å². The Labute approximate surface area is 217 Å². The average molecular weight is 488 g/mol. The van der Waals surface area contributed by atoms with Crippen LogP contribution in [0.5, 0.6) is 0 Å². The van der Waals surface area contributed by atoms with Crippen LogP contribution >= 0.6 is 12.4 Å². The van der Waals surface area contributed by atoms with E-state index in [0.717, 1.165) is 32.5 Å². The number of hydrogen-bond donors (Lipinski definition) is 0. The van der Waals surface area contributed by atoms with Crippen LogP contribution in [0.3, 0.4) is 0 Å². The fraction of sp³-hybridized carbons (Fsp3) is 0.438. The van der Waals surface area contributed by atoms with Gasteiger partial charge in [0.1, 0.15) is 5.60 Å². The van der Waals surface area contributed by atoms with Crippen LogP contribution in [0.1, 0.15) is 66.0 Å². The minimum Gasteiger partial charge on any atom is -0.365 e. The minimum atomic E-state index is -0.105. The van der Waals surface area contributed by atoms with Crippen molar-refractivity contribution in [2.75, 3.05) is 19.6 Å². The van der Waals surface area contributed by atoms with Crippen LogP contribution in [-0.4, -0.2) is 24.5 Å². The zero-order valence-corrected chi connectivity index (χ0v) is 21.9. The molecular formula is C32H38ClNO. The van der Waals surface area contributed by atoms with Gasteiger partial charge in [-0.15, -0.1) is 12.4 Å². The smallest absolute Gasteiger partial charge is 0.101 e. The molecule has 6 rings (SSSR count). The van der Waals surface area contributed by atoms with Crippen molar-refractivity contribution in [3.8, 4) is 0 Å². The summed E-state index contributed by atoms with van der Waals surface area (Å²) >= 11 is 0. The van der Waals surface area contributed by atoms with E-state index >= 15 is 0 Å². The van der Waals surface area contributed by atoms with E-state index in [-0.39, 0.29) is 18.0 Å². The molecule has 184 valence electrons. The lowest BCUT2D eigenvalue weighted by atomic mass is 9.70. The lowest BCUT2D eigenvalue weighted by molar-refractivity contribution is -0.149. The van der Waals surface area contributed by atoms with Gasteiger partial charge in [-0.05, 0) is 65.6 Å². The molecule has 3 aromatic carbocycles. The lowest BCUT2D eigenvalue weighted by Gasteiger charge is -2.49. The first-order chi connectivity index (χ1) is 16.7. The third-order valence-electron chi connectivity index (χ3n) is 8.92. The molecular weight excluding hydrogens is 450 g/mol. The molecule has 2 aliphatic heterocycles. The predicted octanol–water partition coefficient (Wildman–Crippen LogP) is 7.13. The second-order valence-electron chi connectivity index (χ2n) is 10.9. The van der Waals surface area contributed by atoms with E-state index in [4.69, 9.17) is 4.74 Å². The summed E-state index contributed by atoms with van der Waals surface area (Å²) in [5, 5.41) is 0. The van der Waals surface area contributed by atoms with Gasteiger partial charge in [0.15, 0.2) is 0 Å². The topological polar surface area (TPSA) is 12.5 Å². The molecule has 0 aromatic heterocycles. The summed E-state index contributed by atoms with van der Waals surface area (Å²) in [7, 11) is 0. The van der Waals surface area contributed by atoms with Crippen molar-refractivity contribution in [3.63, 3.8) is 0 Å². The molecule has 0 bridgehead atoms. The summed E-state index contributed by atoms with van der Waals surface area (Å²) in [6.45, 7) is 9.00. The maximum atomic E-state index is 6.59. The van der Waals surface area contributed by atoms with Crippen molar-refractivity contribution in [1.82, 2.24) is 4.90 Å². The first-order valence-electron chi connectivity index (χ1n) is 13.3. The Balaban J connectivity index is 0.00000253. The summed E-state index contributed by atoms with van der Waals surface area (Å²) in [5.74, 6) is 1.52. The maximum absolute atomic E-state index is 6.59. The summed E-state index contributed by atoms with van der Waals surface area (Å²) in [6.07, 6.45) is 4.78. The molecule has 0 N–H and O–H groups in total. The molecule has 0 saturated carbocycles. The number of nitrogens with zero attached hydrogens (tertiary/aromatic N) is 1. The van der Waals surface area contributed by atoms with E-state index < -0.39 is 0 Å². The zero-order chi connectivity index (χ0) is 23.1. The van der Waals surface area contributed by atoms with E-state index in [0.29, 0.717) is 17.8 Å². The third kappa shape index (κ3) is 4.24. The van der Waals surface area contributed by atoms with Gasteiger partial charge in [0.2, 0.25) is 0 Å². The summed E-state index contributed by atoms with van der Waals surface area (Å²) < 4.78 is 6.59. The van der Waals surface area contributed by atoms with Gasteiger partial charge < -0.3 is 9.64 Å². The average Bonchev–Trinajstić information content (AvgIpc) is 3.18. The molecule has 2 heterocycles. The van der Waals surface area contributed by atoms with Crippen LogP contribution in [0.4, 0.5) is 0 Å². The van der Waals surface area contributed by atoms with Crippen molar-refractivity contribution in [3.05, 3.63) is 106 Å². The molecule has 3 atom stereocenters. The zero-order valence-electron chi connectivity index (χ0n) is 21.1. The number of aryl methyl sites for hydroxylation is 2. The van der Waals surface area contributed by atoms with Crippen molar-refractivity contribution in [1.29, 1.82) is 0 Å². The van der Waals surface area contributed by atoms with Gasteiger partial charge >= 0.3 is 0 Å². The van der Waals surface area contributed by atoms with Crippen molar-refractivity contribution in [2.24, 2.45) is 11.8 Å². The molecule has 0 radical (unpaired) electrons. The Morgan fingerprint density at radius 3 is 1.94 bits per heavy atom. The molecule has 3 aromatic rings. The number of hydrogen-bond acceptors (Lipinski definition) is 2. The van der Waals surface area contributed by atoms with Crippen LogP contribution in [0.15, 0.2) is 72.8 Å². The molecule has 1 saturated heterocycles. The molecule has 1 spiro atoms. The van der Waals surface area contributed by atoms with Gasteiger partial charge in [-0.25, -0.2) is 0 Å².